The van der Waals surface area contributed by atoms with Crippen molar-refractivity contribution in [3.05, 3.63) is 11.1 Å². The Bertz CT molecular complexity index is 167. The number of carboxylic acids is 1. The summed E-state index contributed by atoms with van der Waals surface area (Å²) in [5.41, 5.74) is 0.272. The molecule has 42 valence electrons. The van der Waals surface area contributed by atoms with Crippen LogP contribution >= 0.6 is 11.6 Å². The molecular weight excluding hydrogens is 130 g/mol. The van der Waals surface area contributed by atoms with Crippen molar-refractivity contribution < 1.29 is 9.90 Å². The molecule has 0 aliphatic rings. The van der Waals surface area contributed by atoms with E-state index in [0.717, 1.165) is 5.54 Å². The SMILES string of the molecule is N#CC(=CCl)C(=O)O. The van der Waals surface area contributed by atoms with Crippen molar-refractivity contribution in [2.24, 2.45) is 0 Å². The summed E-state index contributed by atoms with van der Waals surface area (Å²) in [4.78, 5) is 9.79. The Morgan fingerprint density at radius 3 is 2.38 bits per heavy atom. The van der Waals surface area contributed by atoms with Crippen LogP contribution in [0.25, 0.3) is 0 Å². The van der Waals surface area contributed by atoms with E-state index >= 15 is 0 Å². The molecule has 0 unspecified atom stereocenters. The second-order valence-corrected chi connectivity index (χ2v) is 1.16. The van der Waals surface area contributed by atoms with E-state index in [9.17, 15) is 4.79 Å². The third-order valence-electron chi connectivity index (χ3n) is 0.460. The van der Waals surface area contributed by atoms with Crippen LogP contribution in [0.5, 0.6) is 0 Å². The van der Waals surface area contributed by atoms with E-state index in [4.69, 9.17) is 22.0 Å². The topological polar surface area (TPSA) is 61.1 Å². The van der Waals surface area contributed by atoms with Crippen molar-refractivity contribution >= 4 is 17.6 Å². The van der Waals surface area contributed by atoms with Crippen molar-refractivity contribution in [1.82, 2.24) is 0 Å². The van der Waals surface area contributed by atoms with Gasteiger partial charge in [-0.05, 0) is 0 Å². The highest BCUT2D eigenvalue weighted by Gasteiger charge is 2.01. The van der Waals surface area contributed by atoms with Gasteiger partial charge in [0, 0.05) is 5.54 Å². The summed E-state index contributed by atoms with van der Waals surface area (Å²) in [6.07, 6.45) is 0. The van der Waals surface area contributed by atoms with Gasteiger partial charge in [0.2, 0.25) is 0 Å². The predicted molar refractivity (Wildman–Crippen MR) is 27.2 cm³/mol. The van der Waals surface area contributed by atoms with Gasteiger partial charge in [0.15, 0.2) is 0 Å². The Morgan fingerprint density at radius 2 is 2.38 bits per heavy atom. The van der Waals surface area contributed by atoms with E-state index in [0.29, 0.717) is 0 Å². The van der Waals surface area contributed by atoms with Crippen molar-refractivity contribution in [3.63, 3.8) is 0 Å². The number of hydrogen-bond donors (Lipinski definition) is 1. The zero-order valence-electron chi connectivity index (χ0n) is 3.76. The second kappa shape index (κ2) is 3.05. The molecule has 0 bridgehead atoms. The molecule has 4 heteroatoms. The number of nitriles is 1. The summed E-state index contributed by atoms with van der Waals surface area (Å²) < 4.78 is 0. The van der Waals surface area contributed by atoms with Crippen LogP contribution < -0.4 is 0 Å². The van der Waals surface area contributed by atoms with E-state index in [-0.39, 0.29) is 0 Å². The zero-order valence-corrected chi connectivity index (χ0v) is 4.51. The van der Waals surface area contributed by atoms with E-state index in [1.54, 1.807) is 0 Å². The minimum atomic E-state index is -1.30. The average Bonchev–Trinajstić information content (AvgIpc) is 1.69. The van der Waals surface area contributed by atoms with Gasteiger partial charge in [-0.25, -0.2) is 4.79 Å². The fraction of sp³-hybridized carbons (Fsp3) is 0. The largest absolute Gasteiger partial charge is 0.477 e. The highest BCUT2D eigenvalue weighted by molar-refractivity contribution is 6.27. The lowest BCUT2D eigenvalue weighted by Gasteiger charge is -1.79. The number of carbonyl (C=O) groups is 1. The van der Waals surface area contributed by atoms with Gasteiger partial charge in [-0.1, -0.05) is 11.6 Å². The highest BCUT2D eigenvalue weighted by Crippen LogP contribution is 1.92. The van der Waals surface area contributed by atoms with Gasteiger partial charge in [-0.15, -0.1) is 0 Å². The van der Waals surface area contributed by atoms with Gasteiger partial charge in [0.05, 0.1) is 0 Å². The summed E-state index contributed by atoms with van der Waals surface area (Å²) in [5.74, 6) is -1.30. The third kappa shape index (κ3) is 1.63. The van der Waals surface area contributed by atoms with Crippen molar-refractivity contribution in [1.29, 1.82) is 5.26 Å². The normalized spacial score (nSPS) is 10.2. The summed E-state index contributed by atoms with van der Waals surface area (Å²) in [5, 5.41) is 15.9. The van der Waals surface area contributed by atoms with Crippen LogP contribution in [0.2, 0.25) is 0 Å². The maximum absolute atomic E-state index is 9.79. The lowest BCUT2D eigenvalue weighted by atomic mass is 10.4. The fourth-order valence-corrected chi connectivity index (χ4v) is 0.261. The first-order chi connectivity index (χ1) is 3.72. The maximum Gasteiger partial charge on any atom is 0.347 e. The number of rotatable bonds is 1. The predicted octanol–water partition coefficient (Wildman–Crippen LogP) is 0.717. The molecule has 0 aromatic heterocycles. The Morgan fingerprint density at radius 1 is 1.88 bits per heavy atom. The quantitative estimate of drug-likeness (QED) is 0.421. The van der Waals surface area contributed by atoms with Crippen LogP contribution in [0.1, 0.15) is 0 Å². The van der Waals surface area contributed by atoms with Crippen molar-refractivity contribution in [2.75, 3.05) is 0 Å². The monoisotopic (exact) mass is 131 g/mol. The second-order valence-electron chi connectivity index (χ2n) is 0.940. The number of carboxylic acid groups (broad SMARTS) is 1. The number of aliphatic carboxylic acids is 1. The van der Waals surface area contributed by atoms with E-state index in [2.05, 4.69) is 0 Å². The van der Waals surface area contributed by atoms with Gasteiger partial charge in [0.25, 0.3) is 0 Å². The Balaban J connectivity index is 4.20. The molecule has 0 aliphatic carbocycles. The summed E-state index contributed by atoms with van der Waals surface area (Å²) >= 11 is 4.90. The molecule has 0 saturated heterocycles. The molecule has 0 fully saturated rings. The van der Waals surface area contributed by atoms with Gasteiger partial charge in [-0.3, -0.25) is 0 Å². The first kappa shape index (κ1) is 6.99. The first-order valence-corrected chi connectivity index (χ1v) is 2.09. The molecule has 1 N–H and O–H groups in total. The molecule has 0 heterocycles. The minimum absolute atomic E-state index is 0.452. The first-order valence-electron chi connectivity index (χ1n) is 1.66. The van der Waals surface area contributed by atoms with Crippen LogP contribution in [0.3, 0.4) is 0 Å². The van der Waals surface area contributed by atoms with Gasteiger partial charge < -0.3 is 5.11 Å². The minimum Gasteiger partial charge on any atom is -0.477 e. The van der Waals surface area contributed by atoms with Crippen LogP contribution in [-0.4, -0.2) is 11.1 Å². The number of hydrogen-bond acceptors (Lipinski definition) is 2. The Labute approximate surface area is 50.8 Å². The summed E-state index contributed by atoms with van der Waals surface area (Å²) in [7, 11) is 0. The number of halogens is 1. The van der Waals surface area contributed by atoms with E-state index in [1.165, 1.54) is 6.07 Å². The Hall–Kier alpha value is -1.01. The lowest BCUT2D eigenvalue weighted by molar-refractivity contribution is -0.132. The van der Waals surface area contributed by atoms with Crippen LogP contribution in [-0.2, 0) is 4.79 Å². The molecule has 0 rings (SSSR count). The molecule has 0 saturated carbocycles. The smallest absolute Gasteiger partial charge is 0.347 e. The van der Waals surface area contributed by atoms with E-state index in [1.807, 2.05) is 0 Å². The van der Waals surface area contributed by atoms with E-state index < -0.39 is 11.5 Å². The van der Waals surface area contributed by atoms with Gasteiger partial charge in [-0.2, -0.15) is 5.26 Å². The molecule has 0 aromatic carbocycles. The highest BCUT2D eigenvalue weighted by atomic mass is 35.5. The zero-order chi connectivity index (χ0) is 6.57. The summed E-state index contributed by atoms with van der Waals surface area (Å²) in [6, 6.07) is 1.38. The lowest BCUT2D eigenvalue weighted by Crippen LogP contribution is -1.95. The maximum atomic E-state index is 9.79. The van der Waals surface area contributed by atoms with Crippen molar-refractivity contribution in [2.45, 2.75) is 0 Å². The molecule has 8 heavy (non-hydrogen) atoms. The van der Waals surface area contributed by atoms with Crippen LogP contribution in [0.15, 0.2) is 11.1 Å². The van der Waals surface area contributed by atoms with Crippen molar-refractivity contribution in [3.8, 4) is 6.07 Å². The van der Waals surface area contributed by atoms with Crippen LogP contribution in [0.4, 0.5) is 0 Å². The average molecular weight is 132 g/mol. The molecular formula is C4H2ClNO2. The standard InChI is InChI=1S/C4H2ClNO2/c5-1-3(2-6)4(7)8/h1H,(H,7,8). The number of nitrogens with zero attached hydrogens (tertiary/aromatic N) is 1. The molecule has 3 nitrogen and oxygen atoms in total. The third-order valence-corrected chi connectivity index (χ3v) is 0.678. The van der Waals surface area contributed by atoms with Crippen LogP contribution in [0, 0.1) is 11.3 Å². The molecule has 0 aliphatic heterocycles. The summed E-state index contributed by atoms with van der Waals surface area (Å²) in [6.45, 7) is 0. The fourth-order valence-electron chi connectivity index (χ4n) is 0.119. The molecule has 0 amide bonds. The molecule has 0 atom stereocenters. The molecule has 0 spiro atoms. The van der Waals surface area contributed by atoms with Gasteiger partial charge >= 0.3 is 5.97 Å². The van der Waals surface area contributed by atoms with Gasteiger partial charge in [0.1, 0.15) is 11.6 Å². The molecule has 0 radical (unpaired) electrons. The molecule has 0 aromatic rings. The Kier molecular flexibility index (Phi) is 2.67.